The van der Waals surface area contributed by atoms with Crippen LogP contribution in [0.5, 0.6) is 5.75 Å². The molecule has 0 spiro atoms. The molecule has 0 bridgehead atoms. The fraction of sp³-hybridized carbons (Fsp3) is 0.300. The highest BCUT2D eigenvalue weighted by atomic mass is 16.5. The van der Waals surface area contributed by atoms with Crippen LogP contribution in [0.25, 0.3) is 0 Å². The quantitative estimate of drug-likeness (QED) is 0.819. The summed E-state index contributed by atoms with van der Waals surface area (Å²) in [6.07, 6.45) is 0. The van der Waals surface area contributed by atoms with Crippen molar-refractivity contribution in [1.82, 2.24) is 5.32 Å². The summed E-state index contributed by atoms with van der Waals surface area (Å²) < 4.78 is 10.7. The average molecular weight is 341 g/mol. The molecule has 0 aromatic heterocycles. The molecule has 0 aliphatic rings. The van der Waals surface area contributed by atoms with Crippen LogP contribution in [0.4, 0.5) is 0 Å². The molecule has 0 fully saturated rings. The normalized spacial score (nSPS) is 10.8. The predicted octanol–water partition coefficient (Wildman–Crippen LogP) is 3.34. The van der Waals surface area contributed by atoms with Gasteiger partial charge in [0.2, 0.25) is 0 Å². The zero-order valence-electron chi connectivity index (χ0n) is 14.7. The Morgan fingerprint density at radius 2 is 1.72 bits per heavy atom. The highest BCUT2D eigenvalue weighted by Gasteiger charge is 2.16. The van der Waals surface area contributed by atoms with Gasteiger partial charge in [0, 0.05) is 5.54 Å². The molecule has 0 saturated heterocycles. The Hall–Kier alpha value is -2.82. The van der Waals surface area contributed by atoms with Crippen LogP contribution in [0.15, 0.2) is 54.6 Å². The number of esters is 1. The third-order valence-electron chi connectivity index (χ3n) is 3.17. The largest absolute Gasteiger partial charge is 0.489 e. The monoisotopic (exact) mass is 341 g/mol. The maximum Gasteiger partial charge on any atom is 0.338 e. The lowest BCUT2D eigenvalue weighted by Gasteiger charge is -2.20. The Kier molecular flexibility index (Phi) is 6.17. The molecule has 1 amide bonds. The SMILES string of the molecule is CC(C)(C)NC(=O)COC(=O)c1cccc(OCc2ccccc2)c1. The zero-order valence-corrected chi connectivity index (χ0v) is 14.7. The fourth-order valence-electron chi connectivity index (χ4n) is 2.12. The van der Waals surface area contributed by atoms with Gasteiger partial charge in [0.1, 0.15) is 12.4 Å². The highest BCUT2D eigenvalue weighted by Crippen LogP contribution is 2.16. The third kappa shape index (κ3) is 6.67. The molecule has 0 saturated carbocycles. The van der Waals surface area contributed by atoms with Gasteiger partial charge in [-0.2, -0.15) is 0 Å². The van der Waals surface area contributed by atoms with Crippen molar-refractivity contribution >= 4 is 11.9 Å². The van der Waals surface area contributed by atoms with Crippen LogP contribution in [0.1, 0.15) is 36.7 Å². The molecule has 5 nitrogen and oxygen atoms in total. The molecule has 25 heavy (non-hydrogen) atoms. The lowest BCUT2D eigenvalue weighted by molar-refractivity contribution is -0.125. The first-order valence-corrected chi connectivity index (χ1v) is 8.08. The van der Waals surface area contributed by atoms with Crippen LogP contribution in [0.2, 0.25) is 0 Å². The van der Waals surface area contributed by atoms with Gasteiger partial charge in [-0.1, -0.05) is 36.4 Å². The van der Waals surface area contributed by atoms with Crippen molar-refractivity contribution in [2.75, 3.05) is 6.61 Å². The van der Waals surface area contributed by atoms with E-state index in [1.165, 1.54) is 0 Å². The first-order chi connectivity index (χ1) is 11.8. The number of ether oxygens (including phenoxy) is 2. The number of rotatable bonds is 6. The van der Waals surface area contributed by atoms with E-state index in [1.54, 1.807) is 24.3 Å². The Morgan fingerprint density at radius 3 is 2.40 bits per heavy atom. The molecular formula is C20H23NO4. The molecule has 132 valence electrons. The summed E-state index contributed by atoms with van der Waals surface area (Å²) in [5, 5.41) is 2.73. The number of carbonyl (C=O) groups is 2. The summed E-state index contributed by atoms with van der Waals surface area (Å²) in [5.74, 6) is -0.330. The average Bonchev–Trinajstić information content (AvgIpc) is 2.57. The molecule has 1 N–H and O–H groups in total. The van der Waals surface area contributed by atoms with Gasteiger partial charge in [0.05, 0.1) is 5.56 Å². The molecule has 2 aromatic carbocycles. The van der Waals surface area contributed by atoms with Crippen molar-refractivity contribution in [2.45, 2.75) is 32.9 Å². The third-order valence-corrected chi connectivity index (χ3v) is 3.17. The molecule has 0 unspecified atom stereocenters. The molecule has 0 aliphatic heterocycles. The molecule has 0 heterocycles. The van der Waals surface area contributed by atoms with Crippen LogP contribution in [0, 0.1) is 0 Å². The number of hydrogen-bond donors (Lipinski definition) is 1. The van der Waals surface area contributed by atoms with Crippen molar-refractivity contribution in [3.63, 3.8) is 0 Å². The standard InChI is InChI=1S/C20H23NO4/c1-20(2,3)21-18(22)14-25-19(23)16-10-7-11-17(12-16)24-13-15-8-5-4-6-9-15/h4-12H,13-14H2,1-3H3,(H,21,22). The topological polar surface area (TPSA) is 64.6 Å². The maximum absolute atomic E-state index is 12.1. The van der Waals surface area contributed by atoms with Crippen molar-refractivity contribution in [3.8, 4) is 5.75 Å². The number of benzene rings is 2. The van der Waals surface area contributed by atoms with E-state index in [-0.39, 0.29) is 18.1 Å². The van der Waals surface area contributed by atoms with Crippen molar-refractivity contribution in [3.05, 3.63) is 65.7 Å². The second-order valence-electron chi connectivity index (χ2n) is 6.68. The highest BCUT2D eigenvalue weighted by molar-refractivity contribution is 5.91. The number of nitrogens with one attached hydrogen (secondary N) is 1. The fourth-order valence-corrected chi connectivity index (χ4v) is 2.12. The summed E-state index contributed by atoms with van der Waals surface area (Å²) in [4.78, 5) is 23.8. The molecule has 0 radical (unpaired) electrons. The minimum Gasteiger partial charge on any atom is -0.489 e. The molecular weight excluding hydrogens is 318 g/mol. The lowest BCUT2D eigenvalue weighted by atomic mass is 10.1. The van der Waals surface area contributed by atoms with Crippen molar-refractivity contribution < 1.29 is 19.1 Å². The van der Waals surface area contributed by atoms with Gasteiger partial charge in [0.15, 0.2) is 6.61 Å². The summed E-state index contributed by atoms with van der Waals surface area (Å²) in [5.41, 5.74) is 1.01. The van der Waals surface area contributed by atoms with Crippen LogP contribution in [0.3, 0.4) is 0 Å². The first-order valence-electron chi connectivity index (χ1n) is 8.08. The molecule has 2 aromatic rings. The van der Waals surface area contributed by atoms with E-state index in [0.717, 1.165) is 5.56 Å². The summed E-state index contributed by atoms with van der Waals surface area (Å²) in [6, 6.07) is 16.5. The number of amides is 1. The van der Waals surface area contributed by atoms with Crippen LogP contribution < -0.4 is 10.1 Å². The Balaban J connectivity index is 1.89. The Bertz CT molecular complexity index is 720. The van der Waals surface area contributed by atoms with Crippen LogP contribution in [-0.4, -0.2) is 24.0 Å². The summed E-state index contributed by atoms with van der Waals surface area (Å²) in [6.45, 7) is 5.68. The van der Waals surface area contributed by atoms with Gasteiger partial charge in [0.25, 0.3) is 5.91 Å². The van der Waals surface area contributed by atoms with Gasteiger partial charge < -0.3 is 14.8 Å². The minimum absolute atomic E-state index is 0.314. The lowest BCUT2D eigenvalue weighted by Crippen LogP contribution is -2.42. The number of hydrogen-bond acceptors (Lipinski definition) is 4. The van der Waals surface area contributed by atoms with E-state index in [9.17, 15) is 9.59 Å². The van der Waals surface area contributed by atoms with Gasteiger partial charge >= 0.3 is 5.97 Å². The van der Waals surface area contributed by atoms with E-state index in [4.69, 9.17) is 9.47 Å². The second-order valence-corrected chi connectivity index (χ2v) is 6.68. The maximum atomic E-state index is 12.1. The molecule has 5 heteroatoms. The first kappa shape index (κ1) is 18.5. The molecule has 0 aliphatic carbocycles. The van der Waals surface area contributed by atoms with E-state index in [2.05, 4.69) is 5.32 Å². The summed E-state index contributed by atoms with van der Waals surface area (Å²) in [7, 11) is 0. The number of carbonyl (C=O) groups excluding carboxylic acids is 2. The van der Waals surface area contributed by atoms with Crippen molar-refractivity contribution in [1.29, 1.82) is 0 Å². The molecule has 0 atom stereocenters. The van der Waals surface area contributed by atoms with Gasteiger partial charge in [-0.05, 0) is 44.5 Å². The Morgan fingerprint density at radius 1 is 1.00 bits per heavy atom. The minimum atomic E-state index is -0.561. The van der Waals surface area contributed by atoms with E-state index in [1.807, 2.05) is 51.1 Å². The smallest absolute Gasteiger partial charge is 0.338 e. The van der Waals surface area contributed by atoms with E-state index in [0.29, 0.717) is 17.9 Å². The van der Waals surface area contributed by atoms with E-state index >= 15 is 0 Å². The van der Waals surface area contributed by atoms with Crippen LogP contribution in [-0.2, 0) is 16.1 Å². The second kappa shape index (κ2) is 8.33. The van der Waals surface area contributed by atoms with Crippen molar-refractivity contribution in [2.24, 2.45) is 0 Å². The van der Waals surface area contributed by atoms with Gasteiger partial charge in [-0.3, -0.25) is 4.79 Å². The molecule has 2 rings (SSSR count). The zero-order chi connectivity index (χ0) is 18.3. The summed E-state index contributed by atoms with van der Waals surface area (Å²) >= 11 is 0. The Labute approximate surface area is 148 Å². The van der Waals surface area contributed by atoms with E-state index < -0.39 is 5.97 Å². The van der Waals surface area contributed by atoms with Crippen LogP contribution >= 0.6 is 0 Å². The van der Waals surface area contributed by atoms with Gasteiger partial charge in [-0.25, -0.2) is 4.79 Å². The van der Waals surface area contributed by atoms with Gasteiger partial charge in [-0.15, -0.1) is 0 Å². The predicted molar refractivity (Wildman–Crippen MR) is 95.4 cm³/mol.